The van der Waals surface area contributed by atoms with Crippen LogP contribution in [0.5, 0.6) is 0 Å². The smallest absolute Gasteiger partial charge is 0.0587 e. The number of methoxy groups -OCH3 is 1. The molecule has 0 aliphatic carbocycles. The van der Waals surface area contributed by atoms with Gasteiger partial charge in [-0.2, -0.15) is 0 Å². The van der Waals surface area contributed by atoms with Gasteiger partial charge in [0.15, 0.2) is 0 Å². The molecule has 1 N–H and O–H groups in total. The third-order valence-electron chi connectivity index (χ3n) is 3.35. The second-order valence-corrected chi connectivity index (χ2v) is 6.44. The highest BCUT2D eigenvalue weighted by atomic mass is 79.9. The third kappa shape index (κ3) is 7.27. The average molecular weight is 358 g/mol. The van der Waals surface area contributed by atoms with Crippen LogP contribution in [-0.2, 0) is 11.3 Å². The zero-order chi connectivity index (χ0) is 15.7. The van der Waals surface area contributed by atoms with E-state index < -0.39 is 0 Å². The van der Waals surface area contributed by atoms with E-state index in [9.17, 15) is 0 Å². The maximum atomic E-state index is 5.07. The van der Waals surface area contributed by atoms with Gasteiger partial charge in [0.1, 0.15) is 0 Å². The minimum Gasteiger partial charge on any atom is -0.383 e. The fraction of sp³-hybridized carbons (Fsp3) is 0.625. The van der Waals surface area contributed by atoms with E-state index in [1.54, 1.807) is 7.11 Å². The lowest BCUT2D eigenvalue weighted by Crippen LogP contribution is -2.25. The van der Waals surface area contributed by atoms with E-state index in [-0.39, 0.29) is 0 Å². The van der Waals surface area contributed by atoms with Crippen LogP contribution in [0.1, 0.15) is 12.0 Å². The first-order chi connectivity index (χ1) is 10.0. The summed E-state index contributed by atoms with van der Waals surface area (Å²) in [4.78, 5) is 4.56. The molecule has 0 spiro atoms. The van der Waals surface area contributed by atoms with Crippen LogP contribution in [0, 0.1) is 0 Å². The quantitative estimate of drug-likeness (QED) is 0.651. The zero-order valence-electron chi connectivity index (χ0n) is 13.7. The molecule has 0 amide bonds. The van der Waals surface area contributed by atoms with Crippen LogP contribution >= 0.6 is 15.9 Å². The molecule has 0 aliphatic rings. The first-order valence-corrected chi connectivity index (χ1v) is 8.18. The molecule has 0 heterocycles. The minimum atomic E-state index is 0.738. The molecular formula is C16H28BrN3O. The van der Waals surface area contributed by atoms with Gasteiger partial charge in [0, 0.05) is 44.0 Å². The number of halogens is 1. The lowest BCUT2D eigenvalue weighted by atomic mass is 10.1. The fourth-order valence-corrected chi connectivity index (χ4v) is 2.62. The highest BCUT2D eigenvalue weighted by Gasteiger charge is 2.08. The Kier molecular flexibility index (Phi) is 8.92. The molecule has 1 rings (SSSR count). The fourth-order valence-electron chi connectivity index (χ4n) is 2.21. The van der Waals surface area contributed by atoms with Gasteiger partial charge in [0.25, 0.3) is 0 Å². The van der Waals surface area contributed by atoms with E-state index >= 15 is 0 Å². The van der Waals surface area contributed by atoms with E-state index in [4.69, 9.17) is 4.74 Å². The van der Waals surface area contributed by atoms with Gasteiger partial charge in [-0.15, -0.1) is 0 Å². The van der Waals surface area contributed by atoms with Crippen LogP contribution in [0.2, 0.25) is 0 Å². The number of hydrogen-bond donors (Lipinski definition) is 1. The standard InChI is InChI=1S/C16H28BrN3O/c1-19(2)9-5-10-20(3)16-7-6-15(17)12-14(16)13-18-8-11-21-4/h6-7,12,18H,5,8-11,13H2,1-4H3. The largest absolute Gasteiger partial charge is 0.383 e. The lowest BCUT2D eigenvalue weighted by molar-refractivity contribution is 0.199. The normalized spacial score (nSPS) is 11.1. The molecule has 21 heavy (non-hydrogen) atoms. The van der Waals surface area contributed by atoms with Crippen LogP contribution in [0.25, 0.3) is 0 Å². The molecule has 0 bridgehead atoms. The van der Waals surface area contributed by atoms with E-state index in [0.717, 1.165) is 43.7 Å². The molecule has 0 aromatic heterocycles. The molecule has 0 saturated carbocycles. The molecule has 0 saturated heterocycles. The Morgan fingerprint density at radius 2 is 1.95 bits per heavy atom. The second-order valence-electron chi connectivity index (χ2n) is 5.52. The van der Waals surface area contributed by atoms with Crippen molar-refractivity contribution in [3.05, 3.63) is 28.2 Å². The predicted octanol–water partition coefficient (Wildman–Crippen LogP) is 2.57. The molecule has 0 radical (unpaired) electrons. The molecule has 0 atom stereocenters. The van der Waals surface area contributed by atoms with Gasteiger partial charge in [0.2, 0.25) is 0 Å². The molecule has 1 aromatic carbocycles. The Hall–Kier alpha value is -0.620. The molecule has 5 heteroatoms. The number of benzene rings is 1. The van der Waals surface area contributed by atoms with Crippen LogP contribution in [0.15, 0.2) is 22.7 Å². The summed E-state index contributed by atoms with van der Waals surface area (Å²) in [5, 5.41) is 3.42. The summed E-state index contributed by atoms with van der Waals surface area (Å²) in [6.45, 7) is 4.64. The van der Waals surface area contributed by atoms with Crippen molar-refractivity contribution in [3.63, 3.8) is 0 Å². The SMILES string of the molecule is COCCNCc1cc(Br)ccc1N(C)CCCN(C)C. The third-order valence-corrected chi connectivity index (χ3v) is 3.84. The number of nitrogens with one attached hydrogen (secondary N) is 1. The Morgan fingerprint density at radius 3 is 2.62 bits per heavy atom. The van der Waals surface area contributed by atoms with Gasteiger partial charge < -0.3 is 19.9 Å². The Labute approximate surface area is 137 Å². The summed E-state index contributed by atoms with van der Waals surface area (Å²) in [5.41, 5.74) is 2.61. The molecule has 1 aromatic rings. The topological polar surface area (TPSA) is 27.7 Å². The molecular weight excluding hydrogens is 330 g/mol. The van der Waals surface area contributed by atoms with Crippen LogP contribution in [0.3, 0.4) is 0 Å². The number of rotatable bonds is 10. The maximum Gasteiger partial charge on any atom is 0.0587 e. The Bertz CT molecular complexity index is 413. The van der Waals surface area contributed by atoms with Gasteiger partial charge >= 0.3 is 0 Å². The van der Waals surface area contributed by atoms with Crippen LogP contribution < -0.4 is 10.2 Å². The maximum absolute atomic E-state index is 5.07. The second kappa shape index (κ2) is 10.2. The van der Waals surface area contributed by atoms with Gasteiger partial charge in [-0.1, -0.05) is 15.9 Å². The highest BCUT2D eigenvalue weighted by molar-refractivity contribution is 9.10. The van der Waals surface area contributed by atoms with Crippen molar-refractivity contribution in [2.24, 2.45) is 0 Å². The van der Waals surface area contributed by atoms with Crippen molar-refractivity contribution in [2.45, 2.75) is 13.0 Å². The van der Waals surface area contributed by atoms with Crippen molar-refractivity contribution < 1.29 is 4.74 Å². The molecule has 0 aliphatic heterocycles. The average Bonchev–Trinajstić information content (AvgIpc) is 2.43. The summed E-state index contributed by atoms with van der Waals surface area (Å²) in [6.07, 6.45) is 1.16. The molecule has 0 fully saturated rings. The van der Waals surface area contributed by atoms with E-state index in [1.807, 2.05) is 0 Å². The first-order valence-electron chi connectivity index (χ1n) is 7.38. The van der Waals surface area contributed by atoms with Gasteiger partial charge in [-0.3, -0.25) is 0 Å². The van der Waals surface area contributed by atoms with Crippen molar-refractivity contribution in [1.82, 2.24) is 10.2 Å². The van der Waals surface area contributed by atoms with E-state index in [2.05, 4.69) is 70.4 Å². The summed E-state index contributed by atoms with van der Waals surface area (Å²) in [7, 11) is 8.12. The predicted molar refractivity (Wildman–Crippen MR) is 94.2 cm³/mol. The Balaban J connectivity index is 2.62. The van der Waals surface area contributed by atoms with Gasteiger partial charge in [-0.25, -0.2) is 0 Å². The number of hydrogen-bond acceptors (Lipinski definition) is 4. The summed E-state index contributed by atoms with van der Waals surface area (Å²) in [5.74, 6) is 0. The van der Waals surface area contributed by atoms with Crippen LogP contribution in [-0.4, -0.2) is 59.4 Å². The molecule has 0 unspecified atom stereocenters. The van der Waals surface area contributed by atoms with Crippen molar-refractivity contribution in [2.75, 3.05) is 59.4 Å². The number of anilines is 1. The number of ether oxygens (including phenoxy) is 1. The molecule has 120 valence electrons. The Morgan fingerprint density at radius 1 is 1.19 bits per heavy atom. The highest BCUT2D eigenvalue weighted by Crippen LogP contribution is 2.24. The summed E-state index contributed by atoms with van der Waals surface area (Å²) < 4.78 is 6.19. The minimum absolute atomic E-state index is 0.738. The van der Waals surface area contributed by atoms with Gasteiger partial charge in [-0.05, 0) is 50.8 Å². The van der Waals surface area contributed by atoms with E-state index in [0.29, 0.717) is 0 Å². The van der Waals surface area contributed by atoms with Gasteiger partial charge in [0.05, 0.1) is 6.61 Å². The van der Waals surface area contributed by atoms with Crippen molar-refractivity contribution in [3.8, 4) is 0 Å². The van der Waals surface area contributed by atoms with Crippen LogP contribution in [0.4, 0.5) is 5.69 Å². The number of nitrogens with zero attached hydrogens (tertiary/aromatic N) is 2. The molecule has 4 nitrogen and oxygen atoms in total. The summed E-state index contributed by atoms with van der Waals surface area (Å²) in [6, 6.07) is 6.49. The zero-order valence-corrected chi connectivity index (χ0v) is 15.2. The summed E-state index contributed by atoms with van der Waals surface area (Å²) >= 11 is 3.56. The monoisotopic (exact) mass is 357 g/mol. The van der Waals surface area contributed by atoms with Crippen molar-refractivity contribution in [1.29, 1.82) is 0 Å². The lowest BCUT2D eigenvalue weighted by Gasteiger charge is -2.24. The van der Waals surface area contributed by atoms with E-state index in [1.165, 1.54) is 11.3 Å². The van der Waals surface area contributed by atoms with Crippen molar-refractivity contribution >= 4 is 21.6 Å². The first kappa shape index (κ1) is 18.4.